The Labute approximate surface area is 155 Å². The second kappa shape index (κ2) is 8.33. The minimum absolute atomic E-state index is 0.0855. The number of amides is 1. The average molecular weight is 381 g/mol. The molecule has 1 unspecified atom stereocenters. The fraction of sp³-hybridized carbons (Fsp3) is 0.722. The maximum Gasteiger partial charge on any atom is 0.270 e. The molecule has 1 aliphatic heterocycles. The van der Waals surface area contributed by atoms with E-state index in [9.17, 15) is 13.2 Å². The number of anilines is 1. The quantitative estimate of drug-likeness (QED) is 0.785. The van der Waals surface area contributed by atoms with Gasteiger partial charge < -0.3 is 10.2 Å². The summed E-state index contributed by atoms with van der Waals surface area (Å²) < 4.78 is 23.6. The van der Waals surface area contributed by atoms with Gasteiger partial charge in [-0.3, -0.25) is 4.79 Å². The van der Waals surface area contributed by atoms with Crippen LogP contribution < -0.4 is 10.2 Å². The SMILES string of the molecule is CCN(c1cc(C(=O)NC2CCCCCC2)ncn1)C1CCS(=O)(=O)C1. The van der Waals surface area contributed by atoms with Crippen molar-refractivity contribution in [3.63, 3.8) is 0 Å². The Bertz CT molecular complexity index is 730. The molecule has 3 rings (SSSR count). The normalized spacial score (nSPS) is 23.3. The summed E-state index contributed by atoms with van der Waals surface area (Å²) in [5.74, 6) is 0.814. The van der Waals surface area contributed by atoms with Gasteiger partial charge in [0.15, 0.2) is 9.84 Å². The maximum atomic E-state index is 12.6. The molecule has 144 valence electrons. The van der Waals surface area contributed by atoms with Crippen molar-refractivity contribution in [2.45, 2.75) is 64.0 Å². The first-order chi connectivity index (χ1) is 12.5. The number of hydrogen-bond acceptors (Lipinski definition) is 6. The highest BCUT2D eigenvalue weighted by Gasteiger charge is 2.32. The summed E-state index contributed by atoms with van der Waals surface area (Å²) in [4.78, 5) is 23.0. The lowest BCUT2D eigenvalue weighted by Gasteiger charge is -2.28. The Morgan fingerprint density at radius 3 is 2.54 bits per heavy atom. The topological polar surface area (TPSA) is 92.3 Å². The first-order valence-corrected chi connectivity index (χ1v) is 11.4. The van der Waals surface area contributed by atoms with Crippen molar-refractivity contribution in [1.29, 1.82) is 0 Å². The average Bonchev–Trinajstić information content (AvgIpc) is 2.82. The highest BCUT2D eigenvalue weighted by atomic mass is 32.2. The molecule has 0 bridgehead atoms. The molecule has 2 fully saturated rings. The number of nitrogens with one attached hydrogen (secondary N) is 1. The van der Waals surface area contributed by atoms with Gasteiger partial charge in [-0.25, -0.2) is 18.4 Å². The van der Waals surface area contributed by atoms with Gasteiger partial charge in [-0.15, -0.1) is 0 Å². The minimum Gasteiger partial charge on any atom is -0.353 e. The molecule has 1 amide bonds. The van der Waals surface area contributed by atoms with Crippen LogP contribution in [-0.4, -0.2) is 54.4 Å². The van der Waals surface area contributed by atoms with Crippen LogP contribution in [0.2, 0.25) is 0 Å². The summed E-state index contributed by atoms with van der Waals surface area (Å²) in [5.41, 5.74) is 0.346. The van der Waals surface area contributed by atoms with Crippen molar-refractivity contribution < 1.29 is 13.2 Å². The molecule has 26 heavy (non-hydrogen) atoms. The number of carbonyl (C=O) groups is 1. The van der Waals surface area contributed by atoms with Crippen molar-refractivity contribution >= 4 is 21.6 Å². The Hall–Kier alpha value is -1.70. The Morgan fingerprint density at radius 1 is 1.19 bits per heavy atom. The standard InChI is InChI=1S/C18H28N4O3S/c1-2-22(15-9-10-26(24,25)12-15)17-11-16(19-13-20-17)18(23)21-14-7-5-3-4-6-8-14/h11,13-15H,2-10,12H2,1H3,(H,21,23). The van der Waals surface area contributed by atoms with Gasteiger partial charge in [0.05, 0.1) is 11.5 Å². The van der Waals surface area contributed by atoms with Gasteiger partial charge in [-0.2, -0.15) is 0 Å². The van der Waals surface area contributed by atoms with Gasteiger partial charge in [0.25, 0.3) is 5.91 Å². The molecule has 1 atom stereocenters. The highest BCUT2D eigenvalue weighted by Crippen LogP contribution is 2.23. The molecule has 2 heterocycles. The molecule has 0 aromatic carbocycles. The van der Waals surface area contributed by atoms with Crippen LogP contribution in [0.5, 0.6) is 0 Å². The number of sulfone groups is 1. The van der Waals surface area contributed by atoms with Gasteiger partial charge in [-0.1, -0.05) is 25.7 Å². The third-order valence-corrected chi connectivity index (χ3v) is 7.11. The summed E-state index contributed by atoms with van der Waals surface area (Å²) in [6.07, 6.45) is 8.81. The Balaban J connectivity index is 1.71. The zero-order valence-corrected chi connectivity index (χ0v) is 16.2. The van der Waals surface area contributed by atoms with E-state index in [-0.39, 0.29) is 29.5 Å². The molecule has 0 radical (unpaired) electrons. The van der Waals surface area contributed by atoms with Crippen molar-refractivity contribution in [3.8, 4) is 0 Å². The third kappa shape index (κ3) is 4.72. The van der Waals surface area contributed by atoms with Gasteiger partial charge in [-0.05, 0) is 26.2 Å². The molecule has 0 spiro atoms. The van der Waals surface area contributed by atoms with E-state index >= 15 is 0 Å². The summed E-state index contributed by atoms with van der Waals surface area (Å²) >= 11 is 0. The fourth-order valence-electron chi connectivity index (χ4n) is 3.94. The van der Waals surface area contributed by atoms with Gasteiger partial charge in [0, 0.05) is 24.7 Å². The van der Waals surface area contributed by atoms with Crippen LogP contribution in [0.4, 0.5) is 5.82 Å². The summed E-state index contributed by atoms with van der Waals surface area (Å²) in [6, 6.07) is 1.81. The predicted octanol–water partition coefficient (Wildman–Crippen LogP) is 1.94. The van der Waals surface area contributed by atoms with E-state index in [1.807, 2.05) is 11.8 Å². The first kappa shape index (κ1) is 19.1. The van der Waals surface area contributed by atoms with E-state index in [0.717, 1.165) is 25.7 Å². The van der Waals surface area contributed by atoms with Gasteiger partial charge >= 0.3 is 0 Å². The smallest absolute Gasteiger partial charge is 0.270 e. The van der Waals surface area contributed by atoms with Crippen molar-refractivity contribution in [2.24, 2.45) is 0 Å². The van der Waals surface area contributed by atoms with Crippen LogP contribution in [0, 0.1) is 0 Å². The van der Waals surface area contributed by atoms with Gasteiger partial charge in [0.1, 0.15) is 17.8 Å². The minimum atomic E-state index is -2.97. The van der Waals surface area contributed by atoms with E-state index in [1.54, 1.807) is 6.07 Å². The van der Waals surface area contributed by atoms with Gasteiger partial charge in [0.2, 0.25) is 0 Å². The Kier molecular flexibility index (Phi) is 6.11. The molecule has 1 aliphatic carbocycles. The van der Waals surface area contributed by atoms with Crippen LogP contribution in [0.15, 0.2) is 12.4 Å². The van der Waals surface area contributed by atoms with Crippen molar-refractivity contribution in [3.05, 3.63) is 18.1 Å². The molecule has 1 N–H and O–H groups in total. The van der Waals surface area contributed by atoms with Crippen molar-refractivity contribution in [2.75, 3.05) is 23.0 Å². The van der Waals surface area contributed by atoms with E-state index in [0.29, 0.717) is 24.5 Å². The van der Waals surface area contributed by atoms with Crippen molar-refractivity contribution in [1.82, 2.24) is 15.3 Å². The lowest BCUT2D eigenvalue weighted by molar-refractivity contribution is 0.0928. The van der Waals surface area contributed by atoms with Crippen LogP contribution in [0.1, 0.15) is 62.4 Å². The summed E-state index contributed by atoms with van der Waals surface area (Å²) in [6.45, 7) is 2.61. The monoisotopic (exact) mass is 380 g/mol. The summed E-state index contributed by atoms with van der Waals surface area (Å²) in [7, 11) is -2.97. The van der Waals surface area contributed by atoms with Crippen LogP contribution >= 0.6 is 0 Å². The third-order valence-electron chi connectivity index (χ3n) is 5.36. The molecular weight excluding hydrogens is 352 g/mol. The molecule has 1 saturated carbocycles. The molecule has 7 nitrogen and oxygen atoms in total. The second-order valence-electron chi connectivity index (χ2n) is 7.27. The number of nitrogens with zero attached hydrogens (tertiary/aromatic N) is 3. The molecule has 1 aromatic rings. The second-order valence-corrected chi connectivity index (χ2v) is 9.49. The molecular formula is C18H28N4O3S. The fourth-order valence-corrected chi connectivity index (χ4v) is 5.67. The molecule has 1 saturated heterocycles. The lowest BCUT2D eigenvalue weighted by Crippen LogP contribution is -2.38. The highest BCUT2D eigenvalue weighted by molar-refractivity contribution is 7.91. The van der Waals surface area contributed by atoms with E-state index in [2.05, 4.69) is 15.3 Å². The number of hydrogen-bond donors (Lipinski definition) is 1. The largest absolute Gasteiger partial charge is 0.353 e. The van der Waals surface area contributed by atoms with E-state index < -0.39 is 9.84 Å². The summed E-state index contributed by atoms with van der Waals surface area (Å²) in [5, 5.41) is 3.10. The Morgan fingerprint density at radius 2 is 1.92 bits per heavy atom. The lowest BCUT2D eigenvalue weighted by atomic mass is 10.1. The van der Waals surface area contributed by atoms with Crippen LogP contribution in [0.3, 0.4) is 0 Å². The molecule has 8 heteroatoms. The maximum absolute atomic E-state index is 12.6. The molecule has 1 aromatic heterocycles. The zero-order chi connectivity index (χ0) is 18.6. The van der Waals surface area contributed by atoms with Crippen LogP contribution in [0.25, 0.3) is 0 Å². The zero-order valence-electron chi connectivity index (χ0n) is 15.4. The van der Waals surface area contributed by atoms with E-state index in [1.165, 1.54) is 19.2 Å². The number of rotatable bonds is 5. The number of aromatic nitrogens is 2. The molecule has 2 aliphatic rings. The number of carbonyl (C=O) groups excluding carboxylic acids is 1. The predicted molar refractivity (Wildman–Crippen MR) is 101 cm³/mol. The van der Waals surface area contributed by atoms with E-state index in [4.69, 9.17) is 0 Å². The first-order valence-electron chi connectivity index (χ1n) is 9.58. The van der Waals surface area contributed by atoms with Crippen LogP contribution in [-0.2, 0) is 9.84 Å².